The zero-order valence-corrected chi connectivity index (χ0v) is 8.36. The van der Waals surface area contributed by atoms with Gasteiger partial charge in [-0.1, -0.05) is 0 Å². The molecule has 78 valence electrons. The largest absolute Gasteiger partial charge is 0.469 e. The summed E-state index contributed by atoms with van der Waals surface area (Å²) < 4.78 is 9.37. The number of fused-ring (bicyclic) bond motifs is 1. The van der Waals surface area contributed by atoms with E-state index in [4.69, 9.17) is 0 Å². The second kappa shape index (κ2) is 3.26. The van der Waals surface area contributed by atoms with Crippen molar-refractivity contribution in [3.05, 3.63) is 0 Å². The summed E-state index contributed by atoms with van der Waals surface area (Å²) in [6, 6.07) is 0. The Morgan fingerprint density at radius 1 is 0.929 bits per heavy atom. The maximum absolute atomic E-state index is 11.4. The molecule has 2 saturated carbocycles. The Hall–Kier alpha value is -1.06. The lowest BCUT2D eigenvalue weighted by Crippen LogP contribution is -2.59. The van der Waals surface area contributed by atoms with Gasteiger partial charge in [0.1, 0.15) is 0 Å². The summed E-state index contributed by atoms with van der Waals surface area (Å²) in [5.74, 6) is -0.279. The maximum Gasteiger partial charge on any atom is 0.309 e. The summed E-state index contributed by atoms with van der Waals surface area (Å²) in [6.07, 6.45) is 2.08. The van der Waals surface area contributed by atoms with Crippen LogP contribution in [0.3, 0.4) is 0 Å². The summed E-state index contributed by atoms with van der Waals surface area (Å²) in [5, 5.41) is 0. The van der Waals surface area contributed by atoms with Gasteiger partial charge < -0.3 is 9.47 Å². The third kappa shape index (κ3) is 1.06. The van der Waals surface area contributed by atoms with E-state index in [0.29, 0.717) is 11.8 Å². The Bertz CT molecular complexity index is 245. The van der Waals surface area contributed by atoms with Gasteiger partial charge >= 0.3 is 11.9 Å². The van der Waals surface area contributed by atoms with Gasteiger partial charge in [-0.15, -0.1) is 0 Å². The molecule has 0 radical (unpaired) electrons. The normalized spacial score (nSPS) is 38.7. The number of rotatable bonds is 2. The molecule has 0 aromatic carbocycles. The Kier molecular flexibility index (Phi) is 2.21. The first-order chi connectivity index (χ1) is 6.70. The van der Waals surface area contributed by atoms with Gasteiger partial charge in [0.15, 0.2) is 0 Å². The number of hydrogen-bond acceptors (Lipinski definition) is 4. The van der Waals surface area contributed by atoms with Crippen LogP contribution in [-0.2, 0) is 19.1 Å². The molecule has 4 heteroatoms. The fourth-order valence-electron chi connectivity index (χ4n) is 2.75. The molecule has 4 atom stereocenters. The van der Waals surface area contributed by atoms with Crippen LogP contribution in [0, 0.1) is 23.7 Å². The van der Waals surface area contributed by atoms with Crippen molar-refractivity contribution >= 4 is 11.9 Å². The van der Waals surface area contributed by atoms with E-state index in [1.165, 1.54) is 14.2 Å². The number of carbonyl (C=O) groups is 2. The van der Waals surface area contributed by atoms with Gasteiger partial charge in [0.25, 0.3) is 0 Å². The molecule has 14 heavy (non-hydrogen) atoms. The molecule has 0 spiro atoms. The number of hydrogen-bond donors (Lipinski definition) is 0. The van der Waals surface area contributed by atoms with Crippen LogP contribution in [0.15, 0.2) is 0 Å². The van der Waals surface area contributed by atoms with Crippen LogP contribution in [0.5, 0.6) is 0 Å². The second-order valence-corrected chi connectivity index (χ2v) is 4.00. The van der Waals surface area contributed by atoms with Crippen LogP contribution in [0.2, 0.25) is 0 Å². The van der Waals surface area contributed by atoms with Crippen molar-refractivity contribution in [1.82, 2.24) is 0 Å². The van der Waals surface area contributed by atoms with Crippen LogP contribution in [-0.4, -0.2) is 26.2 Å². The molecule has 0 saturated heterocycles. The highest BCUT2D eigenvalue weighted by Gasteiger charge is 2.62. The highest BCUT2D eigenvalue weighted by Crippen LogP contribution is 2.58. The number of esters is 2. The molecule has 0 aromatic rings. The third-order valence-electron chi connectivity index (χ3n) is 3.64. The molecular weight excluding hydrogens is 184 g/mol. The van der Waals surface area contributed by atoms with Crippen molar-refractivity contribution in [3.8, 4) is 0 Å². The first-order valence-electron chi connectivity index (χ1n) is 4.86. The van der Waals surface area contributed by atoms with Gasteiger partial charge in [0.05, 0.1) is 26.1 Å². The molecular formula is C10H14O4. The van der Waals surface area contributed by atoms with E-state index in [-0.39, 0.29) is 23.8 Å². The topological polar surface area (TPSA) is 52.6 Å². The van der Waals surface area contributed by atoms with E-state index in [0.717, 1.165) is 12.8 Å². The highest BCUT2D eigenvalue weighted by molar-refractivity contribution is 5.85. The molecule has 0 aliphatic heterocycles. The number of methoxy groups -OCH3 is 2. The van der Waals surface area contributed by atoms with Gasteiger partial charge in [0, 0.05) is 0 Å². The molecule has 2 rings (SSSR count). The molecule has 0 heterocycles. The summed E-state index contributed by atoms with van der Waals surface area (Å²) in [6.45, 7) is 0. The van der Waals surface area contributed by atoms with Gasteiger partial charge in [-0.05, 0) is 24.7 Å². The average molecular weight is 198 g/mol. The molecule has 0 unspecified atom stereocenters. The minimum absolute atomic E-state index is 0.244. The molecule has 0 aromatic heterocycles. The van der Waals surface area contributed by atoms with Crippen molar-refractivity contribution in [2.45, 2.75) is 12.8 Å². The Balaban J connectivity index is 2.08. The van der Waals surface area contributed by atoms with Crippen molar-refractivity contribution < 1.29 is 19.1 Å². The highest BCUT2D eigenvalue weighted by atomic mass is 16.5. The lowest BCUT2D eigenvalue weighted by Gasteiger charge is -2.56. The molecule has 0 N–H and O–H groups in total. The summed E-state index contributed by atoms with van der Waals surface area (Å²) in [7, 11) is 2.73. The number of carbonyl (C=O) groups excluding carboxylic acids is 2. The van der Waals surface area contributed by atoms with Crippen molar-refractivity contribution in [2.24, 2.45) is 23.7 Å². The number of ether oxygens (including phenoxy) is 2. The van der Waals surface area contributed by atoms with E-state index in [2.05, 4.69) is 9.47 Å². The zero-order chi connectivity index (χ0) is 10.3. The van der Waals surface area contributed by atoms with E-state index < -0.39 is 0 Å². The lowest BCUT2D eigenvalue weighted by molar-refractivity contribution is -0.191. The average Bonchev–Trinajstić information content (AvgIpc) is 2.18. The smallest absolute Gasteiger partial charge is 0.309 e. The van der Waals surface area contributed by atoms with E-state index >= 15 is 0 Å². The fraction of sp³-hybridized carbons (Fsp3) is 0.800. The maximum atomic E-state index is 11.4. The van der Waals surface area contributed by atoms with Crippen molar-refractivity contribution in [1.29, 1.82) is 0 Å². The molecule has 4 nitrogen and oxygen atoms in total. The van der Waals surface area contributed by atoms with Crippen LogP contribution < -0.4 is 0 Å². The standard InChI is InChI=1S/C10H14O4/c1-13-9(11)7-5-3-4-6(5)8(7)10(12)14-2/h5-8H,3-4H2,1-2H3/t5-,6+,7-,8+. The Morgan fingerprint density at radius 2 is 1.29 bits per heavy atom. The van der Waals surface area contributed by atoms with Crippen molar-refractivity contribution in [3.63, 3.8) is 0 Å². The monoisotopic (exact) mass is 198 g/mol. The SMILES string of the molecule is COC(=O)[C@@H]1[C@@H]2CC[C@@H]2[C@@H]1C(=O)OC. The van der Waals surface area contributed by atoms with Crippen LogP contribution >= 0.6 is 0 Å². The third-order valence-corrected chi connectivity index (χ3v) is 3.64. The van der Waals surface area contributed by atoms with Crippen LogP contribution in [0.4, 0.5) is 0 Å². The zero-order valence-electron chi connectivity index (χ0n) is 8.36. The minimum atomic E-state index is -0.263. The van der Waals surface area contributed by atoms with E-state index in [9.17, 15) is 9.59 Å². The summed E-state index contributed by atoms with van der Waals surface area (Å²) in [5.41, 5.74) is 0. The molecule has 2 aliphatic rings. The molecule has 2 aliphatic carbocycles. The quantitative estimate of drug-likeness (QED) is 0.610. The summed E-state index contributed by atoms with van der Waals surface area (Å²) in [4.78, 5) is 22.8. The first-order valence-corrected chi connectivity index (χ1v) is 4.86. The van der Waals surface area contributed by atoms with Gasteiger partial charge in [-0.3, -0.25) is 9.59 Å². The van der Waals surface area contributed by atoms with Gasteiger partial charge in [0.2, 0.25) is 0 Å². The van der Waals surface area contributed by atoms with Gasteiger partial charge in [-0.25, -0.2) is 0 Å². The first kappa shape index (κ1) is 9.49. The molecule has 0 bridgehead atoms. The van der Waals surface area contributed by atoms with Crippen molar-refractivity contribution in [2.75, 3.05) is 14.2 Å². The lowest BCUT2D eigenvalue weighted by atomic mass is 9.47. The fourth-order valence-corrected chi connectivity index (χ4v) is 2.75. The second-order valence-electron chi connectivity index (χ2n) is 4.00. The van der Waals surface area contributed by atoms with E-state index in [1.807, 2.05) is 0 Å². The Morgan fingerprint density at radius 3 is 1.50 bits per heavy atom. The molecule has 0 amide bonds. The predicted octanol–water partition coefficient (Wildman–Crippen LogP) is 0.605. The molecule has 2 fully saturated rings. The summed E-state index contributed by atoms with van der Waals surface area (Å²) >= 11 is 0. The van der Waals surface area contributed by atoms with Gasteiger partial charge in [-0.2, -0.15) is 0 Å². The minimum Gasteiger partial charge on any atom is -0.469 e. The predicted molar refractivity (Wildman–Crippen MR) is 47.2 cm³/mol. The Labute approximate surface area is 82.6 Å². The van der Waals surface area contributed by atoms with Crippen LogP contribution in [0.25, 0.3) is 0 Å². The van der Waals surface area contributed by atoms with E-state index in [1.54, 1.807) is 0 Å². The van der Waals surface area contributed by atoms with Crippen LogP contribution in [0.1, 0.15) is 12.8 Å².